The summed E-state index contributed by atoms with van der Waals surface area (Å²) in [5.41, 5.74) is 1.12. The van der Waals surface area contributed by atoms with Gasteiger partial charge in [-0.3, -0.25) is 14.4 Å². The molecule has 0 aromatic heterocycles. The molecule has 124 valence electrons. The van der Waals surface area contributed by atoms with Gasteiger partial charge in [-0.2, -0.15) is 0 Å². The highest BCUT2D eigenvalue weighted by Gasteiger charge is 2.29. The van der Waals surface area contributed by atoms with Crippen LogP contribution in [-0.4, -0.2) is 30.3 Å². The van der Waals surface area contributed by atoms with Crippen LogP contribution in [0.15, 0.2) is 24.3 Å². The van der Waals surface area contributed by atoms with Crippen LogP contribution in [0.5, 0.6) is 0 Å². The van der Waals surface area contributed by atoms with Crippen molar-refractivity contribution in [1.82, 2.24) is 10.6 Å². The molecule has 23 heavy (non-hydrogen) atoms. The quantitative estimate of drug-likeness (QED) is 0.715. The fraction of sp³-hybridized carbons (Fsp3) is 0.471. The van der Waals surface area contributed by atoms with Crippen molar-refractivity contribution in [2.24, 2.45) is 5.92 Å². The van der Waals surface area contributed by atoms with E-state index >= 15 is 0 Å². The first-order chi connectivity index (χ1) is 11.0. The van der Waals surface area contributed by atoms with Crippen LogP contribution in [0, 0.1) is 5.92 Å². The van der Waals surface area contributed by atoms with E-state index in [2.05, 4.69) is 16.0 Å². The van der Waals surface area contributed by atoms with Gasteiger partial charge in [0, 0.05) is 23.7 Å². The molecule has 0 aliphatic heterocycles. The largest absolute Gasteiger partial charge is 0.354 e. The van der Waals surface area contributed by atoms with Gasteiger partial charge in [0.15, 0.2) is 0 Å². The van der Waals surface area contributed by atoms with Crippen LogP contribution in [0.1, 0.15) is 43.5 Å². The number of amides is 3. The van der Waals surface area contributed by atoms with Crippen LogP contribution in [0.3, 0.4) is 0 Å². The van der Waals surface area contributed by atoms with E-state index in [-0.39, 0.29) is 23.6 Å². The zero-order valence-electron chi connectivity index (χ0n) is 13.5. The van der Waals surface area contributed by atoms with Crippen LogP contribution < -0.4 is 16.0 Å². The topological polar surface area (TPSA) is 87.3 Å². The molecule has 6 nitrogen and oxygen atoms in total. The highest BCUT2D eigenvalue weighted by Crippen LogP contribution is 2.30. The Kier molecular flexibility index (Phi) is 5.73. The third-order valence-corrected chi connectivity index (χ3v) is 3.65. The summed E-state index contributed by atoms with van der Waals surface area (Å²) < 4.78 is 0. The Balaban J connectivity index is 1.86. The van der Waals surface area contributed by atoms with Gasteiger partial charge in [-0.15, -0.1) is 0 Å². The first-order valence-electron chi connectivity index (χ1n) is 8.00. The standard InChI is InChI=1S/C17H23N3O3/c1-3-10-18-15(21)11(2)19-16(22)13-6-8-14(9-7-13)20-17(23)12-4-5-12/h6-9,11-12H,3-5,10H2,1-2H3,(H,18,21)(H,19,22)(H,20,23). The van der Waals surface area contributed by atoms with Crippen molar-refractivity contribution >= 4 is 23.4 Å². The van der Waals surface area contributed by atoms with Crippen LogP contribution in [-0.2, 0) is 9.59 Å². The van der Waals surface area contributed by atoms with Gasteiger partial charge >= 0.3 is 0 Å². The molecular weight excluding hydrogens is 294 g/mol. The molecule has 1 atom stereocenters. The lowest BCUT2D eigenvalue weighted by Crippen LogP contribution is -2.44. The molecule has 1 unspecified atom stereocenters. The molecule has 0 heterocycles. The van der Waals surface area contributed by atoms with E-state index < -0.39 is 6.04 Å². The maximum atomic E-state index is 12.1. The lowest BCUT2D eigenvalue weighted by molar-refractivity contribution is -0.122. The van der Waals surface area contributed by atoms with Gasteiger partial charge < -0.3 is 16.0 Å². The van der Waals surface area contributed by atoms with Crippen LogP contribution in [0.4, 0.5) is 5.69 Å². The molecule has 1 aromatic rings. The predicted octanol–water partition coefficient (Wildman–Crippen LogP) is 1.68. The Hall–Kier alpha value is -2.37. The van der Waals surface area contributed by atoms with Gasteiger partial charge in [0.1, 0.15) is 6.04 Å². The van der Waals surface area contributed by atoms with Crippen LogP contribution >= 0.6 is 0 Å². The lowest BCUT2D eigenvalue weighted by Gasteiger charge is -2.14. The van der Waals surface area contributed by atoms with Crippen molar-refractivity contribution in [2.75, 3.05) is 11.9 Å². The Labute approximate surface area is 136 Å². The molecule has 1 aromatic carbocycles. The fourth-order valence-electron chi connectivity index (χ4n) is 2.04. The fourth-order valence-corrected chi connectivity index (χ4v) is 2.04. The van der Waals surface area contributed by atoms with E-state index in [0.717, 1.165) is 19.3 Å². The Bertz CT molecular complexity index is 579. The Morgan fingerprint density at radius 2 is 1.83 bits per heavy atom. The van der Waals surface area contributed by atoms with E-state index in [1.54, 1.807) is 31.2 Å². The molecule has 1 aliphatic carbocycles. The number of anilines is 1. The van der Waals surface area contributed by atoms with Crippen molar-refractivity contribution in [3.8, 4) is 0 Å². The molecule has 0 radical (unpaired) electrons. The minimum Gasteiger partial charge on any atom is -0.354 e. The number of hydrogen-bond acceptors (Lipinski definition) is 3. The highest BCUT2D eigenvalue weighted by molar-refractivity contribution is 5.98. The lowest BCUT2D eigenvalue weighted by atomic mass is 10.1. The molecule has 3 N–H and O–H groups in total. The number of benzene rings is 1. The SMILES string of the molecule is CCCNC(=O)C(C)NC(=O)c1ccc(NC(=O)C2CC2)cc1. The molecule has 6 heteroatoms. The number of rotatable bonds is 7. The first kappa shape index (κ1) is 17.0. The summed E-state index contributed by atoms with van der Waals surface area (Å²) in [6, 6.07) is 6.06. The molecule has 1 saturated carbocycles. The van der Waals surface area contributed by atoms with Gasteiger partial charge in [0.2, 0.25) is 11.8 Å². The third-order valence-electron chi connectivity index (χ3n) is 3.65. The van der Waals surface area contributed by atoms with Crippen molar-refractivity contribution in [3.05, 3.63) is 29.8 Å². The summed E-state index contributed by atoms with van der Waals surface area (Å²) in [7, 11) is 0. The number of hydrogen-bond donors (Lipinski definition) is 3. The zero-order chi connectivity index (χ0) is 16.8. The van der Waals surface area contributed by atoms with Crippen molar-refractivity contribution in [3.63, 3.8) is 0 Å². The normalized spacial score (nSPS) is 14.7. The zero-order valence-corrected chi connectivity index (χ0v) is 13.5. The van der Waals surface area contributed by atoms with E-state index in [4.69, 9.17) is 0 Å². The van der Waals surface area contributed by atoms with Crippen molar-refractivity contribution in [2.45, 2.75) is 39.2 Å². The molecule has 1 aliphatic rings. The molecular formula is C17H23N3O3. The first-order valence-corrected chi connectivity index (χ1v) is 8.00. The predicted molar refractivity (Wildman–Crippen MR) is 88.0 cm³/mol. The smallest absolute Gasteiger partial charge is 0.251 e. The summed E-state index contributed by atoms with van der Waals surface area (Å²) in [6.07, 6.45) is 2.75. The van der Waals surface area contributed by atoms with Crippen molar-refractivity contribution < 1.29 is 14.4 Å². The molecule has 1 fully saturated rings. The second kappa shape index (κ2) is 7.76. The van der Waals surface area contributed by atoms with E-state index in [1.165, 1.54) is 0 Å². The van der Waals surface area contributed by atoms with Crippen molar-refractivity contribution in [1.29, 1.82) is 0 Å². The third kappa shape index (κ3) is 5.09. The van der Waals surface area contributed by atoms with Gasteiger partial charge in [-0.25, -0.2) is 0 Å². The Morgan fingerprint density at radius 3 is 2.39 bits per heavy atom. The second-order valence-corrected chi connectivity index (χ2v) is 5.83. The molecule has 2 rings (SSSR count). The summed E-state index contributed by atoms with van der Waals surface area (Å²) in [5.74, 6) is -0.346. The van der Waals surface area contributed by atoms with E-state index in [1.807, 2.05) is 6.92 Å². The van der Waals surface area contributed by atoms with Gasteiger partial charge in [0.05, 0.1) is 0 Å². The molecule has 0 spiro atoms. The minimum atomic E-state index is -0.594. The summed E-state index contributed by atoms with van der Waals surface area (Å²) in [4.78, 5) is 35.5. The summed E-state index contributed by atoms with van der Waals surface area (Å²) in [5, 5.41) is 8.21. The average Bonchev–Trinajstić information content (AvgIpc) is 3.38. The molecule has 0 bridgehead atoms. The monoisotopic (exact) mass is 317 g/mol. The van der Waals surface area contributed by atoms with Gasteiger partial charge in [-0.1, -0.05) is 6.92 Å². The average molecular weight is 317 g/mol. The van der Waals surface area contributed by atoms with E-state index in [9.17, 15) is 14.4 Å². The van der Waals surface area contributed by atoms with Gasteiger partial charge in [-0.05, 0) is 50.5 Å². The second-order valence-electron chi connectivity index (χ2n) is 5.83. The number of carbonyl (C=O) groups is 3. The van der Waals surface area contributed by atoms with Crippen LogP contribution in [0.2, 0.25) is 0 Å². The van der Waals surface area contributed by atoms with Crippen LogP contribution in [0.25, 0.3) is 0 Å². The number of nitrogens with one attached hydrogen (secondary N) is 3. The summed E-state index contributed by atoms with van der Waals surface area (Å²) >= 11 is 0. The molecule has 3 amide bonds. The highest BCUT2D eigenvalue weighted by atomic mass is 16.2. The van der Waals surface area contributed by atoms with E-state index in [0.29, 0.717) is 17.8 Å². The Morgan fingerprint density at radius 1 is 1.17 bits per heavy atom. The maximum absolute atomic E-state index is 12.1. The van der Waals surface area contributed by atoms with Gasteiger partial charge in [0.25, 0.3) is 5.91 Å². The number of carbonyl (C=O) groups excluding carboxylic acids is 3. The maximum Gasteiger partial charge on any atom is 0.251 e. The molecule has 0 saturated heterocycles. The summed E-state index contributed by atoms with van der Waals surface area (Å²) in [6.45, 7) is 4.20. The minimum absolute atomic E-state index is 0.0309.